The minimum atomic E-state index is -0.151. The van der Waals surface area contributed by atoms with Crippen molar-refractivity contribution in [1.29, 1.82) is 0 Å². The van der Waals surface area contributed by atoms with E-state index in [9.17, 15) is 4.79 Å². The Bertz CT molecular complexity index is 601. The molecule has 0 aromatic heterocycles. The van der Waals surface area contributed by atoms with E-state index in [2.05, 4.69) is 19.9 Å². The van der Waals surface area contributed by atoms with Gasteiger partial charge in [0.15, 0.2) is 0 Å². The second-order valence-electron chi connectivity index (χ2n) is 7.52. The van der Waals surface area contributed by atoms with Gasteiger partial charge in [-0.05, 0) is 49.3 Å². The van der Waals surface area contributed by atoms with Crippen molar-refractivity contribution in [3.05, 3.63) is 34.9 Å². The van der Waals surface area contributed by atoms with Crippen molar-refractivity contribution in [2.45, 2.75) is 57.0 Å². The molecule has 0 spiro atoms. The van der Waals surface area contributed by atoms with Crippen LogP contribution in [0.1, 0.15) is 45.1 Å². The molecule has 2 fully saturated rings. The lowest BCUT2D eigenvalue weighted by molar-refractivity contribution is 0.108. The molecular formula is C19H28Cl2N2O2. The summed E-state index contributed by atoms with van der Waals surface area (Å²) in [5.41, 5.74) is 7.37. The van der Waals surface area contributed by atoms with Crippen LogP contribution in [-0.4, -0.2) is 36.2 Å². The Balaban J connectivity index is 0.00000225. The molecule has 1 heterocycles. The third-order valence-corrected chi connectivity index (χ3v) is 6.08. The van der Waals surface area contributed by atoms with Gasteiger partial charge in [0.25, 0.3) is 0 Å². The molecule has 1 saturated heterocycles. The molecule has 1 aromatic rings. The third-order valence-electron chi connectivity index (χ3n) is 5.85. The quantitative estimate of drug-likeness (QED) is 0.834. The number of nitrogens with two attached hydrogens (primary N) is 1. The number of nitrogens with zero attached hydrogens (tertiary/aromatic N) is 1. The summed E-state index contributed by atoms with van der Waals surface area (Å²) >= 11 is 6.18. The molecule has 1 aliphatic carbocycles. The number of carbonyl (C=O) groups excluding carboxylic acids is 1. The van der Waals surface area contributed by atoms with Gasteiger partial charge in [-0.15, -0.1) is 12.4 Å². The minimum absolute atomic E-state index is 0. The van der Waals surface area contributed by atoms with E-state index >= 15 is 0 Å². The van der Waals surface area contributed by atoms with Crippen LogP contribution in [0, 0.1) is 5.92 Å². The number of hydrogen-bond donors (Lipinski definition) is 1. The normalized spacial score (nSPS) is 29.5. The Labute approximate surface area is 161 Å². The number of carbonyl (C=O) groups is 1. The average molecular weight is 387 g/mol. The molecule has 25 heavy (non-hydrogen) atoms. The lowest BCUT2D eigenvalue weighted by Gasteiger charge is -2.43. The summed E-state index contributed by atoms with van der Waals surface area (Å²) in [6, 6.07) is 8.50. The van der Waals surface area contributed by atoms with Crippen LogP contribution in [0.15, 0.2) is 24.3 Å². The van der Waals surface area contributed by atoms with Crippen molar-refractivity contribution in [3.8, 4) is 0 Å². The molecule has 3 rings (SSSR count). The van der Waals surface area contributed by atoms with Gasteiger partial charge in [0.2, 0.25) is 0 Å². The fraction of sp³-hybridized carbons (Fsp3) is 0.632. The second-order valence-corrected chi connectivity index (χ2v) is 7.96. The van der Waals surface area contributed by atoms with E-state index in [1.54, 1.807) is 0 Å². The largest absolute Gasteiger partial charge is 0.447 e. The molecular weight excluding hydrogens is 359 g/mol. The van der Waals surface area contributed by atoms with E-state index in [0.29, 0.717) is 19.1 Å². The third kappa shape index (κ3) is 3.91. The summed E-state index contributed by atoms with van der Waals surface area (Å²) in [5, 5.41) is 0.755. The van der Waals surface area contributed by atoms with Gasteiger partial charge in [0.05, 0.1) is 6.04 Å². The maximum absolute atomic E-state index is 12.2. The number of halogens is 2. The van der Waals surface area contributed by atoms with E-state index < -0.39 is 0 Å². The summed E-state index contributed by atoms with van der Waals surface area (Å²) in [6.45, 7) is 5.43. The zero-order chi connectivity index (χ0) is 17.3. The van der Waals surface area contributed by atoms with Crippen LogP contribution in [0.2, 0.25) is 5.02 Å². The summed E-state index contributed by atoms with van der Waals surface area (Å²) in [6.07, 6.45) is 3.72. The van der Waals surface area contributed by atoms with Crippen LogP contribution < -0.4 is 5.73 Å². The zero-order valence-corrected chi connectivity index (χ0v) is 16.5. The van der Waals surface area contributed by atoms with Crippen molar-refractivity contribution < 1.29 is 9.53 Å². The maximum atomic E-state index is 12.2. The first-order valence-electron chi connectivity index (χ1n) is 8.88. The van der Waals surface area contributed by atoms with E-state index in [-0.39, 0.29) is 36.0 Å². The minimum Gasteiger partial charge on any atom is -0.447 e. The number of rotatable bonds is 4. The van der Waals surface area contributed by atoms with Crippen molar-refractivity contribution in [2.24, 2.45) is 11.7 Å². The predicted molar refractivity (Wildman–Crippen MR) is 104 cm³/mol. The van der Waals surface area contributed by atoms with Crippen LogP contribution >= 0.6 is 24.0 Å². The predicted octanol–water partition coefficient (Wildman–Crippen LogP) is 4.38. The Kier molecular flexibility index (Phi) is 6.63. The van der Waals surface area contributed by atoms with Gasteiger partial charge in [0, 0.05) is 23.0 Å². The number of benzene rings is 1. The fourth-order valence-corrected chi connectivity index (χ4v) is 4.43. The lowest BCUT2D eigenvalue weighted by Crippen LogP contribution is -2.49. The highest BCUT2D eigenvalue weighted by molar-refractivity contribution is 6.30. The van der Waals surface area contributed by atoms with Crippen molar-refractivity contribution in [1.82, 2.24) is 4.90 Å². The Morgan fingerprint density at radius 3 is 2.60 bits per heavy atom. The first-order valence-corrected chi connectivity index (χ1v) is 9.26. The van der Waals surface area contributed by atoms with Crippen LogP contribution in [0.4, 0.5) is 4.79 Å². The molecule has 0 unspecified atom stereocenters. The van der Waals surface area contributed by atoms with E-state index in [1.807, 2.05) is 23.1 Å². The summed E-state index contributed by atoms with van der Waals surface area (Å²) in [4.78, 5) is 14.2. The topological polar surface area (TPSA) is 55.6 Å². The maximum Gasteiger partial charge on any atom is 0.410 e. The van der Waals surface area contributed by atoms with Gasteiger partial charge in [-0.1, -0.05) is 37.6 Å². The lowest BCUT2D eigenvalue weighted by atomic mass is 9.68. The van der Waals surface area contributed by atoms with E-state index in [0.717, 1.165) is 30.7 Å². The second kappa shape index (κ2) is 8.15. The molecule has 4 nitrogen and oxygen atoms in total. The number of hydrogen-bond acceptors (Lipinski definition) is 3. The Morgan fingerprint density at radius 2 is 2.04 bits per heavy atom. The van der Waals surface area contributed by atoms with Crippen molar-refractivity contribution in [3.63, 3.8) is 0 Å². The molecule has 2 N–H and O–H groups in total. The monoisotopic (exact) mass is 386 g/mol. The fourth-order valence-electron chi connectivity index (χ4n) is 4.24. The average Bonchev–Trinajstić information content (AvgIpc) is 2.97. The Morgan fingerprint density at radius 1 is 1.36 bits per heavy atom. The van der Waals surface area contributed by atoms with Gasteiger partial charge in [-0.25, -0.2) is 4.79 Å². The zero-order valence-electron chi connectivity index (χ0n) is 14.9. The molecule has 1 saturated carbocycles. The van der Waals surface area contributed by atoms with E-state index in [4.69, 9.17) is 22.1 Å². The molecule has 0 radical (unpaired) electrons. The van der Waals surface area contributed by atoms with Crippen LogP contribution in [0.25, 0.3) is 0 Å². The van der Waals surface area contributed by atoms with Crippen LogP contribution in [0.3, 0.4) is 0 Å². The van der Waals surface area contributed by atoms with Gasteiger partial charge in [0.1, 0.15) is 6.61 Å². The summed E-state index contributed by atoms with van der Waals surface area (Å²) < 4.78 is 5.32. The highest BCUT2D eigenvalue weighted by atomic mass is 35.5. The SMILES string of the molecule is CC(C)[C@@H]1COC(=O)N1[C@H]1CC[C@@](CN)(c2cccc(Cl)c2)CC1.Cl. The molecule has 1 aromatic carbocycles. The van der Waals surface area contributed by atoms with Gasteiger partial charge >= 0.3 is 6.09 Å². The molecule has 1 aliphatic heterocycles. The number of amides is 1. The van der Waals surface area contributed by atoms with Gasteiger partial charge in [-0.3, -0.25) is 4.90 Å². The van der Waals surface area contributed by atoms with Gasteiger partial charge in [-0.2, -0.15) is 0 Å². The molecule has 140 valence electrons. The smallest absolute Gasteiger partial charge is 0.410 e. The molecule has 1 atom stereocenters. The molecule has 2 aliphatic rings. The van der Waals surface area contributed by atoms with E-state index in [1.165, 1.54) is 5.56 Å². The van der Waals surface area contributed by atoms with Gasteiger partial charge < -0.3 is 10.5 Å². The molecule has 1 amide bonds. The Hall–Kier alpha value is -0.970. The van der Waals surface area contributed by atoms with Crippen LogP contribution in [0.5, 0.6) is 0 Å². The van der Waals surface area contributed by atoms with Crippen LogP contribution in [-0.2, 0) is 10.2 Å². The highest BCUT2D eigenvalue weighted by Gasteiger charge is 2.44. The van der Waals surface area contributed by atoms with Crippen molar-refractivity contribution in [2.75, 3.05) is 13.2 Å². The molecule has 6 heteroatoms. The first kappa shape index (κ1) is 20.3. The summed E-state index contributed by atoms with van der Waals surface area (Å²) in [5.74, 6) is 0.408. The number of ether oxygens (including phenoxy) is 1. The number of cyclic esters (lactones) is 1. The summed E-state index contributed by atoms with van der Waals surface area (Å²) in [7, 11) is 0. The highest BCUT2D eigenvalue weighted by Crippen LogP contribution is 2.42. The standard InChI is InChI=1S/C19H27ClN2O2.ClH/c1-13(2)17-11-24-18(23)22(17)16-6-8-19(12-21,9-7-16)14-4-3-5-15(20)10-14;/h3-5,10,13,16-17H,6-9,11-12,21H2,1-2H3;1H/t16-,17-,19+;/m0./s1. The molecule has 0 bridgehead atoms. The van der Waals surface area contributed by atoms with Crippen molar-refractivity contribution >= 4 is 30.1 Å². The first-order chi connectivity index (χ1) is 11.5.